The van der Waals surface area contributed by atoms with E-state index in [-0.39, 0.29) is 12.3 Å². The fraction of sp³-hybridized carbons (Fsp3) is 0.235. The molecule has 0 unspecified atom stereocenters. The molecule has 0 bridgehead atoms. The number of hydrogen-bond donors (Lipinski definition) is 0. The van der Waals surface area contributed by atoms with Crippen LogP contribution in [0.4, 0.5) is 18.9 Å². The molecule has 2 rings (SSSR count). The van der Waals surface area contributed by atoms with E-state index in [1.165, 1.54) is 11.0 Å². The van der Waals surface area contributed by atoms with Crippen LogP contribution in [0.1, 0.15) is 16.7 Å². The maximum absolute atomic E-state index is 12.7. The normalized spacial score (nSPS) is 11.4. The average molecular weight is 342 g/mol. The van der Waals surface area contributed by atoms with E-state index in [0.29, 0.717) is 16.3 Å². The van der Waals surface area contributed by atoms with Gasteiger partial charge in [0.15, 0.2) is 0 Å². The molecule has 0 saturated heterocycles. The number of hydrogen-bond acceptors (Lipinski definition) is 1. The molecule has 0 fully saturated rings. The number of aryl methyl sites for hydroxylation is 1. The predicted molar refractivity (Wildman–Crippen MR) is 84.7 cm³/mol. The predicted octanol–water partition coefficient (Wildman–Crippen LogP) is 4.87. The fourth-order valence-electron chi connectivity index (χ4n) is 2.24. The number of alkyl halides is 3. The highest BCUT2D eigenvalue weighted by molar-refractivity contribution is 6.30. The lowest BCUT2D eigenvalue weighted by Crippen LogP contribution is -2.28. The number of likely N-dealkylation sites (N-methyl/N-ethyl adjacent to an activating group) is 1. The molecule has 23 heavy (non-hydrogen) atoms. The molecule has 0 heterocycles. The molecule has 0 aromatic heterocycles. The van der Waals surface area contributed by atoms with E-state index < -0.39 is 11.7 Å². The van der Waals surface area contributed by atoms with Gasteiger partial charge in [-0.3, -0.25) is 4.79 Å². The van der Waals surface area contributed by atoms with Crippen molar-refractivity contribution >= 4 is 23.2 Å². The van der Waals surface area contributed by atoms with Crippen LogP contribution in [0.2, 0.25) is 5.02 Å². The van der Waals surface area contributed by atoms with Gasteiger partial charge in [-0.2, -0.15) is 13.2 Å². The molecule has 0 aliphatic heterocycles. The van der Waals surface area contributed by atoms with Crippen molar-refractivity contribution in [1.29, 1.82) is 0 Å². The van der Waals surface area contributed by atoms with Gasteiger partial charge in [-0.15, -0.1) is 0 Å². The van der Waals surface area contributed by atoms with Crippen molar-refractivity contribution in [3.63, 3.8) is 0 Å². The Balaban J connectivity index is 2.17. The molecule has 0 spiro atoms. The molecule has 0 atom stereocenters. The summed E-state index contributed by atoms with van der Waals surface area (Å²) in [6, 6.07) is 10.2. The summed E-state index contributed by atoms with van der Waals surface area (Å²) in [5, 5.41) is 0.577. The first kappa shape index (κ1) is 17.3. The summed E-state index contributed by atoms with van der Waals surface area (Å²) in [6.07, 6.45) is -4.25. The third-order valence-corrected chi connectivity index (χ3v) is 3.78. The summed E-state index contributed by atoms with van der Waals surface area (Å²) in [5.74, 6) is -0.213. The van der Waals surface area contributed by atoms with Crippen LogP contribution >= 0.6 is 11.6 Å². The third-order valence-electron chi connectivity index (χ3n) is 3.53. The Morgan fingerprint density at radius 2 is 1.74 bits per heavy atom. The van der Waals surface area contributed by atoms with E-state index >= 15 is 0 Å². The highest BCUT2D eigenvalue weighted by Gasteiger charge is 2.31. The van der Waals surface area contributed by atoms with Gasteiger partial charge >= 0.3 is 6.18 Å². The van der Waals surface area contributed by atoms with Gasteiger partial charge < -0.3 is 4.90 Å². The van der Waals surface area contributed by atoms with Gasteiger partial charge in [0.05, 0.1) is 12.0 Å². The smallest absolute Gasteiger partial charge is 0.315 e. The minimum atomic E-state index is -4.39. The maximum Gasteiger partial charge on any atom is 0.416 e. The Kier molecular flexibility index (Phi) is 5.00. The molecule has 2 nitrogen and oxygen atoms in total. The van der Waals surface area contributed by atoms with Crippen LogP contribution in [0.3, 0.4) is 0 Å². The number of nitrogens with zero attached hydrogens (tertiary/aromatic N) is 1. The third kappa shape index (κ3) is 4.26. The van der Waals surface area contributed by atoms with E-state index in [4.69, 9.17) is 11.6 Å². The molecule has 0 radical (unpaired) electrons. The van der Waals surface area contributed by atoms with Crippen molar-refractivity contribution in [1.82, 2.24) is 0 Å². The lowest BCUT2D eigenvalue weighted by molar-refractivity contribution is -0.137. The molecule has 1 amide bonds. The van der Waals surface area contributed by atoms with Gasteiger partial charge in [0.2, 0.25) is 5.91 Å². The second-order valence-electron chi connectivity index (χ2n) is 5.26. The number of rotatable bonds is 3. The topological polar surface area (TPSA) is 20.3 Å². The molecule has 0 aliphatic carbocycles. The summed E-state index contributed by atoms with van der Waals surface area (Å²) in [7, 11) is 1.55. The zero-order valence-corrected chi connectivity index (χ0v) is 13.4. The number of carbonyl (C=O) groups excluding carboxylic acids is 1. The van der Waals surface area contributed by atoms with Crippen LogP contribution in [0.15, 0.2) is 42.5 Å². The Bertz CT molecular complexity index is 711. The number of carbonyl (C=O) groups is 1. The molecular weight excluding hydrogens is 327 g/mol. The molecule has 122 valence electrons. The zero-order chi connectivity index (χ0) is 17.2. The quantitative estimate of drug-likeness (QED) is 0.779. The fourth-order valence-corrected chi connectivity index (χ4v) is 2.36. The first-order valence-electron chi connectivity index (χ1n) is 6.87. The van der Waals surface area contributed by atoms with Crippen LogP contribution in [0.25, 0.3) is 0 Å². The van der Waals surface area contributed by atoms with Gasteiger partial charge in [-0.1, -0.05) is 23.7 Å². The molecule has 0 saturated carbocycles. The highest BCUT2D eigenvalue weighted by atomic mass is 35.5. The Morgan fingerprint density at radius 3 is 2.26 bits per heavy atom. The molecule has 2 aromatic carbocycles. The highest BCUT2D eigenvalue weighted by Crippen LogP contribution is 2.32. The molecular formula is C17H15ClF3NO. The minimum Gasteiger partial charge on any atom is -0.315 e. The summed E-state index contributed by atoms with van der Waals surface area (Å²) >= 11 is 5.79. The van der Waals surface area contributed by atoms with Gasteiger partial charge in [0.25, 0.3) is 0 Å². The maximum atomic E-state index is 12.7. The second-order valence-corrected chi connectivity index (χ2v) is 5.69. The van der Waals surface area contributed by atoms with E-state index in [0.717, 1.165) is 17.7 Å². The molecule has 0 N–H and O–H groups in total. The monoisotopic (exact) mass is 341 g/mol. The Labute approximate surface area is 137 Å². The zero-order valence-electron chi connectivity index (χ0n) is 12.6. The SMILES string of the molecule is Cc1cc(C(F)(F)F)ccc1N(C)C(=O)Cc1ccc(Cl)cc1. The standard InChI is InChI=1S/C17H15ClF3NO/c1-11-9-13(17(19,20)21)5-8-15(11)22(2)16(23)10-12-3-6-14(18)7-4-12/h3-9H,10H2,1-2H3. The first-order chi connectivity index (χ1) is 10.7. The largest absolute Gasteiger partial charge is 0.416 e. The lowest BCUT2D eigenvalue weighted by atomic mass is 10.1. The molecule has 2 aromatic rings. The van der Waals surface area contributed by atoms with E-state index in [2.05, 4.69) is 0 Å². The van der Waals surface area contributed by atoms with Crippen molar-refractivity contribution in [2.24, 2.45) is 0 Å². The summed E-state index contributed by atoms with van der Waals surface area (Å²) in [6.45, 7) is 1.55. The Morgan fingerprint density at radius 1 is 1.13 bits per heavy atom. The van der Waals surface area contributed by atoms with Crippen LogP contribution in [0, 0.1) is 6.92 Å². The molecule has 0 aliphatic rings. The molecule has 6 heteroatoms. The minimum absolute atomic E-state index is 0.147. The van der Waals surface area contributed by atoms with E-state index in [1.54, 1.807) is 38.2 Å². The van der Waals surface area contributed by atoms with Crippen molar-refractivity contribution in [3.8, 4) is 0 Å². The van der Waals surface area contributed by atoms with Crippen molar-refractivity contribution in [2.75, 3.05) is 11.9 Å². The first-order valence-corrected chi connectivity index (χ1v) is 7.25. The van der Waals surface area contributed by atoms with Crippen molar-refractivity contribution < 1.29 is 18.0 Å². The average Bonchev–Trinajstić information content (AvgIpc) is 2.48. The van der Waals surface area contributed by atoms with Crippen LogP contribution in [-0.2, 0) is 17.4 Å². The summed E-state index contributed by atoms with van der Waals surface area (Å²) in [4.78, 5) is 13.7. The second kappa shape index (κ2) is 6.62. The summed E-state index contributed by atoms with van der Waals surface area (Å²) in [5.41, 5.74) is 0.914. The number of halogens is 4. The van der Waals surface area contributed by atoms with Gasteiger partial charge in [-0.05, 0) is 48.4 Å². The van der Waals surface area contributed by atoms with Crippen molar-refractivity contribution in [2.45, 2.75) is 19.5 Å². The van der Waals surface area contributed by atoms with Crippen LogP contribution in [-0.4, -0.2) is 13.0 Å². The van der Waals surface area contributed by atoms with Crippen molar-refractivity contribution in [3.05, 3.63) is 64.2 Å². The van der Waals surface area contributed by atoms with Crippen LogP contribution in [0.5, 0.6) is 0 Å². The van der Waals surface area contributed by atoms with E-state index in [9.17, 15) is 18.0 Å². The van der Waals surface area contributed by atoms with Gasteiger partial charge in [0, 0.05) is 17.8 Å². The number of benzene rings is 2. The van der Waals surface area contributed by atoms with Gasteiger partial charge in [-0.25, -0.2) is 0 Å². The number of anilines is 1. The van der Waals surface area contributed by atoms with Crippen LogP contribution < -0.4 is 4.90 Å². The van der Waals surface area contributed by atoms with E-state index in [1.807, 2.05) is 0 Å². The lowest BCUT2D eigenvalue weighted by Gasteiger charge is -2.21. The Hall–Kier alpha value is -2.01. The summed E-state index contributed by atoms with van der Waals surface area (Å²) < 4.78 is 38.1. The van der Waals surface area contributed by atoms with Gasteiger partial charge in [0.1, 0.15) is 0 Å². The number of amides is 1.